The maximum atomic E-state index is 11.8. The molecule has 1 aliphatic carbocycles. The predicted octanol–water partition coefficient (Wildman–Crippen LogP) is 15.5. The number of ether oxygens (including phenoxy) is 4. The summed E-state index contributed by atoms with van der Waals surface area (Å²) in [5.41, 5.74) is 1.44. The SMILES string of the molecule is CCCCCCCCOC1c2cc(c(O)cc2O)C(OCCCCCCCC)c2cc(c(O)cc2O)C(OCCCCCCCC)c2cc(c(O)cc2O)C(OCCCCCCCC)c2cc1c(O)cc2O. The van der Waals surface area contributed by atoms with Crippen molar-refractivity contribution in [1.29, 1.82) is 0 Å². The highest BCUT2D eigenvalue weighted by molar-refractivity contribution is 5.60. The average molecular weight is 1000 g/mol. The van der Waals surface area contributed by atoms with Crippen molar-refractivity contribution in [1.82, 2.24) is 0 Å². The first kappa shape index (κ1) is 58.0. The zero-order valence-corrected chi connectivity index (χ0v) is 43.9. The Balaban J connectivity index is 1.77. The van der Waals surface area contributed by atoms with Crippen LogP contribution in [0.4, 0.5) is 0 Å². The van der Waals surface area contributed by atoms with Gasteiger partial charge in [0.05, 0.1) is 0 Å². The highest BCUT2D eigenvalue weighted by Gasteiger charge is 2.34. The first-order valence-corrected chi connectivity index (χ1v) is 27.6. The van der Waals surface area contributed by atoms with Crippen LogP contribution in [0.3, 0.4) is 0 Å². The molecule has 0 spiro atoms. The molecule has 0 atom stereocenters. The molecule has 0 aromatic heterocycles. The molecule has 0 saturated carbocycles. The van der Waals surface area contributed by atoms with Gasteiger partial charge < -0.3 is 59.8 Å². The van der Waals surface area contributed by atoms with Gasteiger partial charge >= 0.3 is 0 Å². The predicted molar refractivity (Wildman–Crippen MR) is 284 cm³/mol. The molecule has 5 rings (SSSR count). The van der Waals surface area contributed by atoms with Crippen LogP contribution in [0.2, 0.25) is 0 Å². The number of phenolic OH excluding ortho intramolecular Hbond substituents is 8. The fourth-order valence-electron chi connectivity index (χ4n) is 9.85. The van der Waals surface area contributed by atoms with Gasteiger partial charge in [-0.1, -0.05) is 156 Å². The van der Waals surface area contributed by atoms with E-state index in [2.05, 4.69) is 27.7 Å². The Kier molecular flexibility index (Phi) is 25.0. The minimum absolute atomic E-state index is 0.180. The molecule has 0 aliphatic heterocycles. The quantitative estimate of drug-likeness (QED) is 0.0216. The van der Waals surface area contributed by atoms with Crippen molar-refractivity contribution in [3.8, 4) is 46.0 Å². The maximum Gasteiger partial charge on any atom is 0.125 e. The fraction of sp³-hybridized carbons (Fsp3) is 0.600. The van der Waals surface area contributed by atoms with E-state index >= 15 is 0 Å². The lowest BCUT2D eigenvalue weighted by molar-refractivity contribution is 0.0645. The third-order valence-corrected chi connectivity index (χ3v) is 14.1. The number of benzene rings is 4. The summed E-state index contributed by atoms with van der Waals surface area (Å²) in [6.45, 7) is 9.61. The summed E-state index contributed by atoms with van der Waals surface area (Å²) >= 11 is 0. The van der Waals surface area contributed by atoms with Crippen molar-refractivity contribution in [2.24, 2.45) is 0 Å². The Labute approximate surface area is 430 Å². The van der Waals surface area contributed by atoms with Crippen molar-refractivity contribution in [2.45, 2.75) is 206 Å². The monoisotopic (exact) mass is 1000 g/mol. The van der Waals surface area contributed by atoms with E-state index in [1.165, 1.54) is 24.3 Å². The Hall–Kier alpha value is -4.88. The van der Waals surface area contributed by atoms with Gasteiger partial charge in [0.25, 0.3) is 0 Å². The highest BCUT2D eigenvalue weighted by atomic mass is 16.5. The molecule has 0 fully saturated rings. The molecule has 8 N–H and O–H groups in total. The van der Waals surface area contributed by atoms with Crippen LogP contribution in [0.15, 0.2) is 48.5 Å². The van der Waals surface area contributed by atoms with Crippen molar-refractivity contribution < 1.29 is 59.8 Å². The third kappa shape index (κ3) is 16.6. The molecular weight excluding hydrogens is 913 g/mol. The molecule has 72 heavy (non-hydrogen) atoms. The second kappa shape index (κ2) is 31.0. The van der Waals surface area contributed by atoms with Gasteiger partial charge in [0.2, 0.25) is 0 Å². The first-order valence-electron chi connectivity index (χ1n) is 27.6. The summed E-state index contributed by atoms with van der Waals surface area (Å²) in [4.78, 5) is 0. The molecule has 1 aliphatic rings. The molecule has 4 aromatic rings. The lowest BCUT2D eigenvalue weighted by atomic mass is 9.87. The molecule has 8 bridgehead atoms. The van der Waals surface area contributed by atoms with E-state index in [4.69, 9.17) is 18.9 Å². The zero-order valence-electron chi connectivity index (χ0n) is 43.9. The van der Waals surface area contributed by atoms with Crippen molar-refractivity contribution >= 4 is 0 Å². The summed E-state index contributed by atoms with van der Waals surface area (Å²) in [5.74, 6) is -2.63. The molecule has 12 nitrogen and oxygen atoms in total. The van der Waals surface area contributed by atoms with Gasteiger partial charge in [-0.25, -0.2) is 0 Å². The van der Waals surface area contributed by atoms with E-state index in [-0.39, 0.29) is 117 Å². The normalized spacial score (nSPS) is 16.6. The topological polar surface area (TPSA) is 199 Å². The standard InChI is InChI=1S/C60H88O12/c1-5-9-13-17-21-25-29-69-57-41-33-43(51(63)37-49(41)61)58(70-30-26-22-18-14-10-6-2)45-35-47(55(67)39-53(45)65)60(72-32-28-24-20-16-12-8-4)48-36-46(54(66)40-56(48)68)59(71-31-27-23-19-15-11-7-3)44-34-42(57)50(62)38-52(44)64/h33-40,57-68H,5-32H2,1-4H3. The van der Waals surface area contributed by atoms with Crippen LogP contribution >= 0.6 is 0 Å². The van der Waals surface area contributed by atoms with Crippen LogP contribution in [0.25, 0.3) is 0 Å². The molecule has 0 heterocycles. The number of phenols is 8. The number of hydrogen-bond donors (Lipinski definition) is 8. The first-order chi connectivity index (χ1) is 34.9. The van der Waals surface area contributed by atoms with Crippen molar-refractivity contribution in [2.75, 3.05) is 26.4 Å². The van der Waals surface area contributed by atoms with E-state index in [0.717, 1.165) is 128 Å². The Bertz CT molecular complexity index is 1810. The smallest absolute Gasteiger partial charge is 0.125 e. The van der Waals surface area contributed by atoms with Gasteiger partial charge in [-0.15, -0.1) is 0 Å². The van der Waals surface area contributed by atoms with E-state index in [9.17, 15) is 40.9 Å². The molecule has 4 aromatic carbocycles. The van der Waals surface area contributed by atoms with E-state index in [0.29, 0.717) is 25.7 Å². The zero-order chi connectivity index (χ0) is 51.8. The summed E-state index contributed by atoms with van der Waals surface area (Å²) in [7, 11) is 0. The average Bonchev–Trinajstić information content (AvgIpc) is 3.34. The van der Waals surface area contributed by atoms with Crippen LogP contribution in [0.1, 0.15) is 251 Å². The molecular formula is C60H88O12. The highest BCUT2D eigenvalue weighted by Crippen LogP contribution is 2.51. The van der Waals surface area contributed by atoms with Gasteiger partial charge in [0, 0.05) is 95.2 Å². The minimum atomic E-state index is -1.17. The second-order valence-electron chi connectivity index (χ2n) is 20.0. The summed E-state index contributed by atoms with van der Waals surface area (Å²) < 4.78 is 26.7. The molecule has 12 heteroatoms. The Morgan fingerprint density at radius 2 is 0.389 bits per heavy atom. The third-order valence-electron chi connectivity index (χ3n) is 14.1. The van der Waals surface area contributed by atoms with Crippen LogP contribution < -0.4 is 0 Å². The van der Waals surface area contributed by atoms with Crippen LogP contribution in [-0.2, 0) is 18.9 Å². The Morgan fingerprint density at radius 1 is 0.236 bits per heavy atom. The summed E-state index contributed by atoms with van der Waals surface area (Å²) in [6, 6.07) is 11.0. The fourth-order valence-corrected chi connectivity index (χ4v) is 9.85. The van der Waals surface area contributed by atoms with Gasteiger partial charge in [0.15, 0.2) is 0 Å². The van der Waals surface area contributed by atoms with Crippen molar-refractivity contribution in [3.05, 3.63) is 93.0 Å². The Morgan fingerprint density at radius 3 is 0.556 bits per heavy atom. The lowest BCUT2D eigenvalue weighted by Gasteiger charge is -2.29. The maximum absolute atomic E-state index is 11.8. The minimum Gasteiger partial charge on any atom is -0.507 e. The lowest BCUT2D eigenvalue weighted by Crippen LogP contribution is -2.16. The van der Waals surface area contributed by atoms with Gasteiger partial charge in [-0.3, -0.25) is 0 Å². The van der Waals surface area contributed by atoms with Gasteiger partial charge in [-0.05, 0) is 49.9 Å². The number of fused-ring (bicyclic) bond motifs is 8. The largest absolute Gasteiger partial charge is 0.507 e. The van der Waals surface area contributed by atoms with Gasteiger partial charge in [-0.2, -0.15) is 0 Å². The summed E-state index contributed by atoms with van der Waals surface area (Å²) in [6.07, 6.45) is 19.0. The van der Waals surface area contributed by atoms with Crippen LogP contribution in [-0.4, -0.2) is 67.3 Å². The molecule has 400 valence electrons. The number of hydrogen-bond acceptors (Lipinski definition) is 12. The number of rotatable bonds is 32. The summed E-state index contributed by atoms with van der Waals surface area (Å²) in [5, 5.41) is 94.8. The van der Waals surface area contributed by atoms with E-state index in [1.54, 1.807) is 24.3 Å². The number of aromatic hydroxyl groups is 8. The molecule has 0 radical (unpaired) electrons. The van der Waals surface area contributed by atoms with E-state index in [1.807, 2.05) is 0 Å². The number of unbranched alkanes of at least 4 members (excludes halogenated alkanes) is 20. The molecule has 0 unspecified atom stereocenters. The second-order valence-corrected chi connectivity index (χ2v) is 20.0. The van der Waals surface area contributed by atoms with Gasteiger partial charge in [0.1, 0.15) is 70.4 Å². The molecule has 0 amide bonds. The van der Waals surface area contributed by atoms with E-state index < -0.39 is 24.4 Å². The van der Waals surface area contributed by atoms with Crippen molar-refractivity contribution in [3.63, 3.8) is 0 Å². The molecule has 0 saturated heterocycles. The van der Waals surface area contributed by atoms with Crippen LogP contribution in [0, 0.1) is 0 Å². The van der Waals surface area contributed by atoms with Crippen LogP contribution in [0.5, 0.6) is 46.0 Å².